The van der Waals surface area contributed by atoms with Gasteiger partial charge >= 0.3 is 5.69 Å². The zero-order valence-corrected chi connectivity index (χ0v) is 10.2. The summed E-state index contributed by atoms with van der Waals surface area (Å²) < 4.78 is 1.44. The second-order valence-corrected chi connectivity index (χ2v) is 4.76. The van der Waals surface area contributed by atoms with Gasteiger partial charge in [-0.3, -0.25) is 0 Å². The minimum absolute atomic E-state index is 0.171. The van der Waals surface area contributed by atoms with E-state index in [1.807, 2.05) is 0 Å². The van der Waals surface area contributed by atoms with Gasteiger partial charge in [-0.2, -0.15) is 5.10 Å². The molecule has 2 aromatic heterocycles. The maximum atomic E-state index is 11.5. The number of nitrogens with two attached hydrogens (primary N) is 1. The third-order valence-electron chi connectivity index (χ3n) is 3.47. The van der Waals surface area contributed by atoms with Gasteiger partial charge in [0.05, 0.1) is 0 Å². The number of nitrogens with zero attached hydrogens (tertiary/aromatic N) is 3. The highest BCUT2D eigenvalue weighted by molar-refractivity contribution is 5.50. The van der Waals surface area contributed by atoms with Gasteiger partial charge in [0, 0.05) is 18.2 Å². The largest absolute Gasteiger partial charge is 0.366 e. The summed E-state index contributed by atoms with van der Waals surface area (Å²) >= 11 is 0. The standard InChI is InChI=1S/C11H16N6O/c1-6-13-9(14-8-4-2-3-7(8)12)5-10-15-16-11(18)17(6)10/h5,7-8,14H,2-4,12H2,1H3,(H,16,18). The predicted molar refractivity (Wildman–Crippen MR) is 67.6 cm³/mol. The van der Waals surface area contributed by atoms with E-state index in [1.54, 1.807) is 13.0 Å². The van der Waals surface area contributed by atoms with Crippen molar-refractivity contribution < 1.29 is 0 Å². The summed E-state index contributed by atoms with van der Waals surface area (Å²) in [6.45, 7) is 1.78. The molecule has 96 valence electrons. The third kappa shape index (κ3) is 1.76. The monoisotopic (exact) mass is 248 g/mol. The Morgan fingerprint density at radius 1 is 1.56 bits per heavy atom. The fourth-order valence-electron chi connectivity index (χ4n) is 2.53. The third-order valence-corrected chi connectivity index (χ3v) is 3.47. The Hall–Kier alpha value is -1.89. The van der Waals surface area contributed by atoms with Crippen molar-refractivity contribution in [1.82, 2.24) is 19.6 Å². The Morgan fingerprint density at radius 2 is 2.39 bits per heavy atom. The Morgan fingerprint density at radius 3 is 3.11 bits per heavy atom. The molecule has 3 rings (SSSR count). The maximum Gasteiger partial charge on any atom is 0.349 e. The SMILES string of the molecule is Cc1nc(NC2CCCC2N)cc2n[nH]c(=O)n12. The molecule has 7 nitrogen and oxygen atoms in total. The highest BCUT2D eigenvalue weighted by Crippen LogP contribution is 2.21. The molecular weight excluding hydrogens is 232 g/mol. The van der Waals surface area contributed by atoms with Crippen LogP contribution in [-0.4, -0.2) is 31.7 Å². The second kappa shape index (κ2) is 4.09. The number of nitrogens with one attached hydrogen (secondary N) is 2. The molecule has 0 spiro atoms. The Kier molecular flexibility index (Phi) is 2.55. The summed E-state index contributed by atoms with van der Waals surface area (Å²) in [4.78, 5) is 15.8. The van der Waals surface area contributed by atoms with E-state index in [4.69, 9.17) is 5.73 Å². The number of fused-ring (bicyclic) bond motifs is 1. The van der Waals surface area contributed by atoms with Crippen LogP contribution in [0.2, 0.25) is 0 Å². The number of aromatic amines is 1. The van der Waals surface area contributed by atoms with Gasteiger partial charge in [0.15, 0.2) is 5.65 Å². The van der Waals surface area contributed by atoms with E-state index in [1.165, 1.54) is 4.40 Å². The number of aromatic nitrogens is 4. The lowest BCUT2D eigenvalue weighted by Gasteiger charge is -2.18. The summed E-state index contributed by atoms with van der Waals surface area (Å²) in [5.74, 6) is 1.33. The first-order valence-electron chi connectivity index (χ1n) is 6.12. The van der Waals surface area contributed by atoms with Crippen LogP contribution in [0.4, 0.5) is 5.82 Å². The zero-order chi connectivity index (χ0) is 12.7. The summed E-state index contributed by atoms with van der Waals surface area (Å²) in [5.41, 5.74) is 6.32. The molecule has 2 unspecified atom stereocenters. The highest BCUT2D eigenvalue weighted by Gasteiger charge is 2.24. The minimum Gasteiger partial charge on any atom is -0.366 e. The molecule has 0 amide bonds. The first kappa shape index (κ1) is 11.2. The van der Waals surface area contributed by atoms with Crippen molar-refractivity contribution in [2.24, 2.45) is 5.73 Å². The van der Waals surface area contributed by atoms with Crippen LogP contribution in [0, 0.1) is 6.92 Å². The van der Waals surface area contributed by atoms with Crippen molar-refractivity contribution in [2.75, 3.05) is 5.32 Å². The first-order chi connectivity index (χ1) is 8.65. The van der Waals surface area contributed by atoms with Gasteiger partial charge < -0.3 is 11.1 Å². The lowest BCUT2D eigenvalue weighted by atomic mass is 10.2. The van der Waals surface area contributed by atoms with E-state index in [2.05, 4.69) is 20.5 Å². The van der Waals surface area contributed by atoms with Crippen LogP contribution < -0.4 is 16.7 Å². The molecule has 0 bridgehead atoms. The van der Waals surface area contributed by atoms with Gasteiger partial charge in [-0.25, -0.2) is 19.3 Å². The van der Waals surface area contributed by atoms with Gasteiger partial charge in [0.2, 0.25) is 0 Å². The van der Waals surface area contributed by atoms with Gasteiger partial charge in [0.25, 0.3) is 0 Å². The number of hydrogen-bond acceptors (Lipinski definition) is 5. The molecule has 0 aromatic carbocycles. The predicted octanol–water partition coefficient (Wildman–Crippen LogP) is 0.0177. The van der Waals surface area contributed by atoms with E-state index < -0.39 is 0 Å². The van der Waals surface area contributed by atoms with Gasteiger partial charge in [-0.1, -0.05) is 0 Å². The fraction of sp³-hybridized carbons (Fsp3) is 0.545. The van der Waals surface area contributed by atoms with Gasteiger partial charge in [-0.15, -0.1) is 0 Å². The molecular formula is C11H16N6O. The molecule has 0 radical (unpaired) electrons. The zero-order valence-electron chi connectivity index (χ0n) is 10.2. The van der Waals surface area contributed by atoms with Gasteiger partial charge in [0.1, 0.15) is 11.6 Å². The van der Waals surface area contributed by atoms with Crippen LogP contribution in [0.5, 0.6) is 0 Å². The summed E-state index contributed by atoms with van der Waals surface area (Å²) in [5, 5.41) is 9.69. The normalized spacial score (nSPS) is 23.7. The molecule has 1 aliphatic carbocycles. The first-order valence-corrected chi connectivity index (χ1v) is 6.12. The summed E-state index contributed by atoms with van der Waals surface area (Å²) in [7, 11) is 0. The Bertz CT molecular complexity index is 630. The van der Waals surface area contributed by atoms with Gasteiger partial charge in [-0.05, 0) is 26.2 Å². The highest BCUT2D eigenvalue weighted by atomic mass is 16.1. The molecule has 1 aliphatic rings. The molecule has 2 heterocycles. The van der Waals surface area contributed by atoms with Crippen molar-refractivity contribution in [3.63, 3.8) is 0 Å². The van der Waals surface area contributed by atoms with Crippen LogP contribution in [0.3, 0.4) is 0 Å². The molecule has 7 heteroatoms. The molecule has 4 N–H and O–H groups in total. The topological polar surface area (TPSA) is 101 Å². The van der Waals surface area contributed by atoms with Crippen LogP contribution in [0.15, 0.2) is 10.9 Å². The van der Waals surface area contributed by atoms with Crippen molar-refractivity contribution in [3.05, 3.63) is 22.4 Å². The van der Waals surface area contributed by atoms with E-state index >= 15 is 0 Å². The molecule has 0 aliphatic heterocycles. The van der Waals surface area contributed by atoms with E-state index in [0.717, 1.165) is 25.1 Å². The van der Waals surface area contributed by atoms with Crippen LogP contribution in [0.25, 0.3) is 5.65 Å². The minimum atomic E-state index is -0.265. The lowest BCUT2D eigenvalue weighted by molar-refractivity contribution is 0.635. The molecule has 18 heavy (non-hydrogen) atoms. The van der Waals surface area contributed by atoms with E-state index in [-0.39, 0.29) is 17.8 Å². The lowest BCUT2D eigenvalue weighted by Crippen LogP contribution is -2.35. The molecule has 0 saturated heterocycles. The van der Waals surface area contributed by atoms with E-state index in [0.29, 0.717) is 11.5 Å². The average molecular weight is 248 g/mol. The number of aryl methyl sites for hydroxylation is 1. The van der Waals surface area contributed by atoms with Crippen LogP contribution in [-0.2, 0) is 0 Å². The van der Waals surface area contributed by atoms with Crippen molar-refractivity contribution >= 4 is 11.5 Å². The van der Waals surface area contributed by atoms with E-state index in [9.17, 15) is 4.79 Å². The Labute approximate surface area is 103 Å². The van der Waals surface area contributed by atoms with Crippen molar-refractivity contribution in [2.45, 2.75) is 38.3 Å². The number of H-pyrrole nitrogens is 1. The molecule has 2 atom stereocenters. The second-order valence-electron chi connectivity index (χ2n) is 4.76. The smallest absolute Gasteiger partial charge is 0.349 e. The van der Waals surface area contributed by atoms with Crippen LogP contribution in [0.1, 0.15) is 25.1 Å². The average Bonchev–Trinajstić information content (AvgIpc) is 2.87. The van der Waals surface area contributed by atoms with Crippen molar-refractivity contribution in [1.29, 1.82) is 0 Å². The number of rotatable bonds is 2. The maximum absolute atomic E-state index is 11.5. The quantitative estimate of drug-likeness (QED) is 0.695. The van der Waals surface area contributed by atoms with Crippen molar-refractivity contribution in [3.8, 4) is 0 Å². The summed E-state index contributed by atoms with van der Waals surface area (Å²) in [6, 6.07) is 2.19. The molecule has 1 fully saturated rings. The fourth-order valence-corrected chi connectivity index (χ4v) is 2.53. The summed E-state index contributed by atoms with van der Waals surface area (Å²) in [6.07, 6.45) is 3.24. The Balaban J connectivity index is 1.95. The van der Waals surface area contributed by atoms with Crippen LogP contribution >= 0.6 is 0 Å². The molecule has 1 saturated carbocycles. The number of anilines is 1. The number of hydrogen-bond donors (Lipinski definition) is 3. The molecule has 2 aromatic rings.